The first-order valence-electron chi connectivity index (χ1n) is 7.72. The fourth-order valence-corrected chi connectivity index (χ4v) is 3.05. The van der Waals surface area contributed by atoms with E-state index in [0.717, 1.165) is 32.5 Å². The molecule has 1 fully saturated rings. The second kappa shape index (κ2) is 7.77. The maximum Gasteiger partial charge on any atom is 0.0477 e. The molecule has 1 saturated heterocycles. The van der Waals surface area contributed by atoms with Gasteiger partial charge in [-0.25, -0.2) is 0 Å². The van der Waals surface area contributed by atoms with E-state index < -0.39 is 0 Å². The SMILES string of the molecule is COCCC(C)N1CC(C)NCC1Cc1ccccc1. The Balaban J connectivity index is 2.00. The predicted octanol–water partition coefficient (Wildman–Crippen LogP) is 2.32. The molecule has 1 aliphatic rings. The topological polar surface area (TPSA) is 24.5 Å². The highest BCUT2D eigenvalue weighted by Crippen LogP contribution is 2.17. The summed E-state index contributed by atoms with van der Waals surface area (Å²) >= 11 is 0. The fourth-order valence-electron chi connectivity index (χ4n) is 3.05. The van der Waals surface area contributed by atoms with Crippen LogP contribution in [0.25, 0.3) is 0 Å². The van der Waals surface area contributed by atoms with E-state index in [4.69, 9.17) is 4.74 Å². The third-order valence-electron chi connectivity index (χ3n) is 4.28. The van der Waals surface area contributed by atoms with Crippen molar-refractivity contribution in [1.82, 2.24) is 10.2 Å². The maximum atomic E-state index is 5.24. The van der Waals surface area contributed by atoms with Crippen LogP contribution < -0.4 is 5.32 Å². The first kappa shape index (κ1) is 15.5. The van der Waals surface area contributed by atoms with Gasteiger partial charge in [-0.2, -0.15) is 0 Å². The van der Waals surface area contributed by atoms with Crippen LogP contribution in [0.3, 0.4) is 0 Å². The van der Waals surface area contributed by atoms with Crippen molar-refractivity contribution < 1.29 is 4.74 Å². The van der Waals surface area contributed by atoms with E-state index >= 15 is 0 Å². The van der Waals surface area contributed by atoms with Crippen molar-refractivity contribution in [2.75, 3.05) is 26.8 Å². The number of hydrogen-bond donors (Lipinski definition) is 1. The number of hydrogen-bond acceptors (Lipinski definition) is 3. The van der Waals surface area contributed by atoms with Crippen LogP contribution in [0.1, 0.15) is 25.8 Å². The molecule has 0 amide bonds. The quantitative estimate of drug-likeness (QED) is 0.863. The Labute approximate surface area is 123 Å². The Morgan fingerprint density at radius 3 is 2.80 bits per heavy atom. The van der Waals surface area contributed by atoms with Crippen molar-refractivity contribution in [3.63, 3.8) is 0 Å². The minimum Gasteiger partial charge on any atom is -0.385 e. The summed E-state index contributed by atoms with van der Waals surface area (Å²) in [4.78, 5) is 2.66. The molecule has 0 bridgehead atoms. The highest BCUT2D eigenvalue weighted by molar-refractivity contribution is 5.16. The monoisotopic (exact) mass is 276 g/mol. The normalized spacial score (nSPS) is 25.6. The molecule has 0 saturated carbocycles. The van der Waals surface area contributed by atoms with E-state index in [-0.39, 0.29) is 0 Å². The van der Waals surface area contributed by atoms with Crippen LogP contribution in [0.4, 0.5) is 0 Å². The minimum absolute atomic E-state index is 0.576. The highest BCUT2D eigenvalue weighted by atomic mass is 16.5. The summed E-state index contributed by atoms with van der Waals surface area (Å²) in [5.41, 5.74) is 1.43. The molecule has 0 aromatic heterocycles. The first-order chi connectivity index (χ1) is 9.70. The summed E-state index contributed by atoms with van der Waals surface area (Å²) < 4.78 is 5.24. The van der Waals surface area contributed by atoms with Crippen molar-refractivity contribution in [2.24, 2.45) is 0 Å². The lowest BCUT2D eigenvalue weighted by atomic mass is 9.99. The average molecular weight is 276 g/mol. The number of rotatable bonds is 6. The van der Waals surface area contributed by atoms with E-state index in [9.17, 15) is 0 Å². The molecule has 1 N–H and O–H groups in total. The largest absolute Gasteiger partial charge is 0.385 e. The Hall–Kier alpha value is -0.900. The molecule has 1 aliphatic heterocycles. The van der Waals surface area contributed by atoms with Gasteiger partial charge in [0, 0.05) is 44.9 Å². The lowest BCUT2D eigenvalue weighted by molar-refractivity contribution is 0.0710. The summed E-state index contributed by atoms with van der Waals surface area (Å²) in [5, 5.41) is 3.62. The van der Waals surface area contributed by atoms with Gasteiger partial charge < -0.3 is 10.1 Å². The third-order valence-corrected chi connectivity index (χ3v) is 4.28. The zero-order valence-corrected chi connectivity index (χ0v) is 13.0. The Bertz CT molecular complexity index is 382. The van der Waals surface area contributed by atoms with E-state index in [1.54, 1.807) is 7.11 Å². The van der Waals surface area contributed by atoms with Gasteiger partial charge in [-0.05, 0) is 32.3 Å². The van der Waals surface area contributed by atoms with Gasteiger partial charge in [0.2, 0.25) is 0 Å². The second-order valence-electron chi connectivity index (χ2n) is 5.98. The smallest absolute Gasteiger partial charge is 0.0477 e. The molecule has 3 heteroatoms. The second-order valence-corrected chi connectivity index (χ2v) is 5.98. The van der Waals surface area contributed by atoms with Crippen molar-refractivity contribution >= 4 is 0 Å². The molecule has 3 atom stereocenters. The molecule has 0 aliphatic carbocycles. The molecular formula is C17H28N2O. The first-order valence-corrected chi connectivity index (χ1v) is 7.72. The van der Waals surface area contributed by atoms with Gasteiger partial charge in [-0.15, -0.1) is 0 Å². The standard InChI is InChI=1S/C17H28N2O/c1-14-13-19(15(2)9-10-20-3)17(12-18-14)11-16-7-5-4-6-8-16/h4-8,14-15,17-18H,9-13H2,1-3H3. The summed E-state index contributed by atoms with van der Waals surface area (Å²) in [5.74, 6) is 0. The van der Waals surface area contributed by atoms with Crippen LogP contribution in [0.15, 0.2) is 30.3 Å². The number of nitrogens with zero attached hydrogens (tertiary/aromatic N) is 1. The van der Waals surface area contributed by atoms with Crippen LogP contribution >= 0.6 is 0 Å². The van der Waals surface area contributed by atoms with E-state index in [2.05, 4.69) is 54.4 Å². The maximum absolute atomic E-state index is 5.24. The van der Waals surface area contributed by atoms with Crippen molar-refractivity contribution in [3.05, 3.63) is 35.9 Å². The summed E-state index contributed by atoms with van der Waals surface area (Å²) in [7, 11) is 1.79. The van der Waals surface area contributed by atoms with Gasteiger partial charge in [0.25, 0.3) is 0 Å². The zero-order valence-electron chi connectivity index (χ0n) is 13.0. The molecule has 3 nitrogen and oxygen atoms in total. The third kappa shape index (κ3) is 4.30. The van der Waals surface area contributed by atoms with Crippen molar-refractivity contribution in [3.8, 4) is 0 Å². The molecule has 1 aromatic carbocycles. The van der Waals surface area contributed by atoms with Gasteiger partial charge in [0.05, 0.1) is 0 Å². The number of nitrogens with one attached hydrogen (secondary N) is 1. The molecule has 3 unspecified atom stereocenters. The summed E-state index contributed by atoms with van der Waals surface area (Å²) in [6.07, 6.45) is 2.23. The van der Waals surface area contributed by atoms with Crippen LogP contribution in [0, 0.1) is 0 Å². The number of methoxy groups -OCH3 is 1. The molecule has 0 spiro atoms. The lowest BCUT2D eigenvalue weighted by Crippen LogP contribution is -2.58. The fraction of sp³-hybridized carbons (Fsp3) is 0.647. The number of ether oxygens (including phenoxy) is 1. The number of piperazine rings is 1. The van der Waals surface area contributed by atoms with E-state index in [1.165, 1.54) is 5.56 Å². The lowest BCUT2D eigenvalue weighted by Gasteiger charge is -2.43. The van der Waals surface area contributed by atoms with Crippen LogP contribution in [0.5, 0.6) is 0 Å². The zero-order chi connectivity index (χ0) is 14.4. The van der Waals surface area contributed by atoms with Crippen molar-refractivity contribution in [1.29, 1.82) is 0 Å². The molecule has 112 valence electrons. The van der Waals surface area contributed by atoms with E-state index in [1.807, 2.05) is 0 Å². The Kier molecular flexibility index (Phi) is 6.02. The van der Waals surface area contributed by atoms with Gasteiger partial charge in [0.1, 0.15) is 0 Å². The molecule has 1 heterocycles. The predicted molar refractivity (Wildman–Crippen MR) is 84.1 cm³/mol. The van der Waals surface area contributed by atoms with Gasteiger partial charge in [0.15, 0.2) is 0 Å². The molecular weight excluding hydrogens is 248 g/mol. The summed E-state index contributed by atoms with van der Waals surface area (Å²) in [6.45, 7) is 7.65. The summed E-state index contributed by atoms with van der Waals surface area (Å²) in [6, 6.07) is 12.6. The number of benzene rings is 1. The molecule has 1 aromatic rings. The molecule has 20 heavy (non-hydrogen) atoms. The minimum atomic E-state index is 0.576. The van der Waals surface area contributed by atoms with Crippen molar-refractivity contribution in [2.45, 2.75) is 44.8 Å². The van der Waals surface area contributed by atoms with Gasteiger partial charge in [-0.3, -0.25) is 4.90 Å². The van der Waals surface area contributed by atoms with Crippen LogP contribution in [-0.4, -0.2) is 49.8 Å². The van der Waals surface area contributed by atoms with E-state index in [0.29, 0.717) is 18.1 Å². The molecule has 0 radical (unpaired) electrons. The Morgan fingerprint density at radius 1 is 1.35 bits per heavy atom. The Morgan fingerprint density at radius 2 is 2.10 bits per heavy atom. The highest BCUT2D eigenvalue weighted by Gasteiger charge is 2.29. The van der Waals surface area contributed by atoms with Gasteiger partial charge >= 0.3 is 0 Å². The van der Waals surface area contributed by atoms with Gasteiger partial charge in [-0.1, -0.05) is 30.3 Å². The van der Waals surface area contributed by atoms with Crippen LogP contribution in [0.2, 0.25) is 0 Å². The molecule has 2 rings (SSSR count). The average Bonchev–Trinajstić information content (AvgIpc) is 2.47. The van der Waals surface area contributed by atoms with Crippen LogP contribution in [-0.2, 0) is 11.2 Å².